The second-order valence-electron chi connectivity index (χ2n) is 5.22. The summed E-state index contributed by atoms with van der Waals surface area (Å²) >= 11 is 6.89. The summed E-state index contributed by atoms with van der Waals surface area (Å²) in [5, 5.41) is 13.5. The van der Waals surface area contributed by atoms with Gasteiger partial charge in [-0.1, -0.05) is 28.5 Å². The summed E-state index contributed by atoms with van der Waals surface area (Å²) < 4.78 is 28.1. The first kappa shape index (κ1) is 20.5. The number of methoxy groups -OCH3 is 1. The van der Waals surface area contributed by atoms with Crippen LogP contribution in [0.15, 0.2) is 37.2 Å². The van der Waals surface area contributed by atoms with E-state index in [0.717, 1.165) is 29.5 Å². The molecule has 29 heavy (non-hydrogen) atoms. The van der Waals surface area contributed by atoms with Crippen LogP contribution >= 0.6 is 23.4 Å². The Hall–Kier alpha value is -3.19. The molecule has 152 valence electrons. The molecule has 2 heterocycles. The first-order valence-corrected chi connectivity index (χ1v) is 9.14. The van der Waals surface area contributed by atoms with Crippen LogP contribution in [0.25, 0.3) is 17.2 Å². The van der Waals surface area contributed by atoms with Crippen LogP contribution in [0.5, 0.6) is 0 Å². The Morgan fingerprint density at radius 2 is 2.14 bits per heavy atom. The van der Waals surface area contributed by atoms with Crippen LogP contribution in [0.2, 0.25) is 5.02 Å². The molecule has 0 unspecified atom stereocenters. The molecule has 3 rings (SSSR count). The SMILES string of the molecule is COC(=O)C(=O)NCCSc1nonc1-c1noc(=O)n1-c1ccc(F)c(Cl)c1. The minimum Gasteiger partial charge on any atom is -0.462 e. The van der Waals surface area contributed by atoms with Crippen molar-refractivity contribution in [3.8, 4) is 17.2 Å². The van der Waals surface area contributed by atoms with Gasteiger partial charge >= 0.3 is 17.6 Å². The first-order chi connectivity index (χ1) is 13.9. The largest absolute Gasteiger partial charge is 0.462 e. The molecule has 1 N–H and O–H groups in total. The normalized spacial score (nSPS) is 10.7. The van der Waals surface area contributed by atoms with Gasteiger partial charge in [0.15, 0.2) is 10.7 Å². The molecule has 0 spiro atoms. The van der Waals surface area contributed by atoms with Gasteiger partial charge in [0, 0.05) is 12.3 Å². The van der Waals surface area contributed by atoms with E-state index in [-0.39, 0.29) is 39.6 Å². The molecule has 3 aromatic rings. The van der Waals surface area contributed by atoms with E-state index < -0.39 is 23.4 Å². The second kappa shape index (κ2) is 8.87. The predicted molar refractivity (Wildman–Crippen MR) is 96.1 cm³/mol. The Bertz CT molecular complexity index is 1110. The zero-order valence-electron chi connectivity index (χ0n) is 14.5. The maximum absolute atomic E-state index is 13.4. The fraction of sp³-hybridized carbons (Fsp3) is 0.200. The molecular weight excluding hydrogens is 433 g/mol. The molecule has 0 saturated carbocycles. The number of ether oxygens (including phenoxy) is 1. The zero-order valence-corrected chi connectivity index (χ0v) is 16.1. The van der Waals surface area contributed by atoms with E-state index in [4.69, 9.17) is 16.2 Å². The van der Waals surface area contributed by atoms with Gasteiger partial charge in [-0.3, -0.25) is 9.32 Å². The molecule has 1 aromatic carbocycles. The molecule has 11 nitrogen and oxygen atoms in total. The van der Waals surface area contributed by atoms with E-state index in [1.807, 2.05) is 0 Å². The molecule has 0 bridgehead atoms. The highest BCUT2D eigenvalue weighted by Crippen LogP contribution is 2.28. The number of nitrogens with one attached hydrogen (secondary N) is 1. The summed E-state index contributed by atoms with van der Waals surface area (Å²) in [5.74, 6) is -3.16. The van der Waals surface area contributed by atoms with Crippen LogP contribution in [0.3, 0.4) is 0 Å². The monoisotopic (exact) mass is 443 g/mol. The van der Waals surface area contributed by atoms with Crippen LogP contribution in [-0.4, -0.2) is 51.3 Å². The Morgan fingerprint density at radius 1 is 1.34 bits per heavy atom. The van der Waals surface area contributed by atoms with Crippen LogP contribution in [0.1, 0.15) is 0 Å². The quantitative estimate of drug-likeness (QED) is 0.254. The van der Waals surface area contributed by atoms with Crippen molar-refractivity contribution in [2.75, 3.05) is 19.4 Å². The van der Waals surface area contributed by atoms with Crippen molar-refractivity contribution in [1.82, 2.24) is 25.4 Å². The van der Waals surface area contributed by atoms with Gasteiger partial charge in [-0.2, -0.15) is 0 Å². The number of hydrogen-bond donors (Lipinski definition) is 1. The molecular formula is C15H11ClFN5O6S. The summed E-state index contributed by atoms with van der Waals surface area (Å²) in [7, 11) is 1.09. The van der Waals surface area contributed by atoms with Gasteiger partial charge < -0.3 is 10.1 Å². The molecule has 0 aliphatic rings. The van der Waals surface area contributed by atoms with Gasteiger partial charge in [0.2, 0.25) is 5.82 Å². The number of hydrogen-bond acceptors (Lipinski definition) is 10. The molecule has 14 heteroatoms. The maximum atomic E-state index is 13.4. The number of carbonyl (C=O) groups excluding carboxylic acids is 2. The number of thioether (sulfide) groups is 1. The van der Waals surface area contributed by atoms with Crippen LogP contribution in [0.4, 0.5) is 4.39 Å². The fourth-order valence-electron chi connectivity index (χ4n) is 2.14. The van der Waals surface area contributed by atoms with Crippen molar-refractivity contribution in [3.05, 3.63) is 39.6 Å². The maximum Gasteiger partial charge on any atom is 0.446 e. The lowest BCUT2D eigenvalue weighted by molar-refractivity contribution is -0.152. The fourth-order valence-corrected chi connectivity index (χ4v) is 3.06. The number of amides is 1. The van der Waals surface area contributed by atoms with Gasteiger partial charge in [-0.05, 0) is 28.5 Å². The van der Waals surface area contributed by atoms with Gasteiger partial charge in [0.25, 0.3) is 0 Å². The van der Waals surface area contributed by atoms with Gasteiger partial charge in [0.05, 0.1) is 17.8 Å². The number of halogens is 2. The van der Waals surface area contributed by atoms with E-state index in [1.54, 1.807) is 0 Å². The van der Waals surface area contributed by atoms with E-state index >= 15 is 0 Å². The topological polar surface area (TPSA) is 142 Å². The third-order valence-electron chi connectivity index (χ3n) is 3.43. The number of nitrogens with zero attached hydrogens (tertiary/aromatic N) is 4. The summed E-state index contributed by atoms with van der Waals surface area (Å²) in [6, 6.07) is 3.62. The van der Waals surface area contributed by atoms with Gasteiger partial charge in [-0.25, -0.2) is 23.2 Å². The van der Waals surface area contributed by atoms with E-state index in [0.29, 0.717) is 0 Å². The number of carbonyl (C=O) groups is 2. The lowest BCUT2D eigenvalue weighted by Crippen LogP contribution is -2.33. The van der Waals surface area contributed by atoms with Gasteiger partial charge in [0.1, 0.15) is 5.82 Å². The summed E-state index contributed by atoms with van der Waals surface area (Å²) in [6.45, 7) is 0.115. The highest BCUT2D eigenvalue weighted by molar-refractivity contribution is 7.99. The van der Waals surface area contributed by atoms with Crippen LogP contribution in [0, 0.1) is 5.82 Å². The Kier molecular flexibility index (Phi) is 6.29. The second-order valence-corrected chi connectivity index (χ2v) is 6.71. The van der Waals surface area contributed by atoms with Crippen LogP contribution in [-0.2, 0) is 14.3 Å². The van der Waals surface area contributed by atoms with E-state index in [2.05, 4.69) is 30.0 Å². The lowest BCUT2D eigenvalue weighted by Gasteiger charge is -2.05. The predicted octanol–water partition coefficient (Wildman–Crippen LogP) is 1.05. The smallest absolute Gasteiger partial charge is 0.446 e. The standard InChI is InChI=1S/C15H11ClFN5O6S/c1-26-14(24)12(23)18-4-5-29-13-10(19-28-21-13)11-20-27-15(25)22(11)7-2-3-9(17)8(16)6-7/h2-3,6H,4-5H2,1H3,(H,18,23). The first-order valence-electron chi connectivity index (χ1n) is 7.78. The summed E-state index contributed by atoms with van der Waals surface area (Å²) in [4.78, 5) is 34.5. The number of rotatable bonds is 6. The number of benzene rings is 1. The molecule has 0 radical (unpaired) electrons. The molecule has 0 aliphatic heterocycles. The van der Waals surface area contributed by atoms with Crippen molar-refractivity contribution in [3.63, 3.8) is 0 Å². The molecule has 0 atom stereocenters. The number of esters is 1. The Labute approximate surface area is 170 Å². The van der Waals surface area contributed by atoms with Crippen molar-refractivity contribution in [2.45, 2.75) is 5.03 Å². The molecule has 0 saturated heterocycles. The van der Waals surface area contributed by atoms with E-state index in [1.165, 1.54) is 12.1 Å². The van der Waals surface area contributed by atoms with Gasteiger partial charge in [-0.15, -0.1) is 0 Å². The van der Waals surface area contributed by atoms with Crippen molar-refractivity contribution >= 4 is 35.2 Å². The van der Waals surface area contributed by atoms with E-state index in [9.17, 15) is 18.8 Å². The zero-order chi connectivity index (χ0) is 21.0. The minimum atomic E-state index is -1.01. The van der Waals surface area contributed by atoms with Crippen molar-refractivity contribution in [2.24, 2.45) is 0 Å². The average Bonchev–Trinajstić information content (AvgIpc) is 3.32. The highest BCUT2D eigenvalue weighted by atomic mass is 35.5. The number of aromatic nitrogens is 4. The molecule has 1 amide bonds. The van der Waals surface area contributed by atoms with Crippen molar-refractivity contribution in [1.29, 1.82) is 0 Å². The highest BCUT2D eigenvalue weighted by Gasteiger charge is 2.23. The minimum absolute atomic E-state index is 0.0416. The molecule has 0 fully saturated rings. The average molecular weight is 444 g/mol. The lowest BCUT2D eigenvalue weighted by atomic mass is 10.3. The summed E-state index contributed by atoms with van der Waals surface area (Å²) in [5.41, 5.74) is 0.280. The van der Waals surface area contributed by atoms with Crippen molar-refractivity contribution < 1.29 is 27.9 Å². The molecule has 0 aliphatic carbocycles. The summed E-state index contributed by atoms with van der Waals surface area (Å²) in [6.07, 6.45) is 0. The third kappa shape index (κ3) is 4.46. The Morgan fingerprint density at radius 3 is 2.86 bits per heavy atom. The Balaban J connectivity index is 1.79. The third-order valence-corrected chi connectivity index (χ3v) is 4.67. The molecule has 2 aromatic heterocycles. The van der Waals surface area contributed by atoms with Crippen LogP contribution < -0.4 is 11.1 Å².